The molecule has 2 aromatic carbocycles. The van der Waals surface area contributed by atoms with Gasteiger partial charge in [-0.05, 0) is 48.3 Å². The molecule has 4 heteroatoms. The van der Waals surface area contributed by atoms with Crippen molar-refractivity contribution in [3.8, 4) is 0 Å². The van der Waals surface area contributed by atoms with Crippen molar-refractivity contribution in [3.05, 3.63) is 41.5 Å². The van der Waals surface area contributed by atoms with E-state index < -0.39 is 17.8 Å². The number of rotatable bonds is 3. The Bertz CT molecular complexity index is 786. The fourth-order valence-corrected chi connectivity index (χ4v) is 3.69. The molecule has 112 valence electrons. The van der Waals surface area contributed by atoms with Crippen molar-refractivity contribution in [1.82, 2.24) is 0 Å². The second kappa shape index (κ2) is 4.83. The number of carboxylic acids is 1. The third-order valence-corrected chi connectivity index (χ3v) is 5.06. The molecule has 2 aromatic rings. The van der Waals surface area contributed by atoms with Gasteiger partial charge < -0.3 is 10.4 Å². The summed E-state index contributed by atoms with van der Waals surface area (Å²) in [5.41, 5.74) is 3.45. The summed E-state index contributed by atoms with van der Waals surface area (Å²) < 4.78 is 0. The van der Waals surface area contributed by atoms with Crippen LogP contribution in [0.3, 0.4) is 0 Å². The normalized spacial score (nSPS) is 22.4. The van der Waals surface area contributed by atoms with Crippen LogP contribution < -0.4 is 5.32 Å². The highest BCUT2D eigenvalue weighted by Gasteiger charge is 2.41. The standard InChI is InChI=1S/C18H17NO3/c20-17(12-7-8-13(12)18(21)22)19-15-9-6-11-5-4-10-2-1-3-14(15)16(10)11/h1-3,6,9,12-13H,4-5,7-8H2,(H,19,20)(H,21,22). The van der Waals surface area contributed by atoms with Crippen LogP contribution in [0.5, 0.6) is 0 Å². The molecule has 0 aliphatic heterocycles. The topological polar surface area (TPSA) is 66.4 Å². The minimum Gasteiger partial charge on any atom is -0.481 e. The number of hydrogen-bond donors (Lipinski definition) is 2. The molecule has 2 N–H and O–H groups in total. The summed E-state index contributed by atoms with van der Waals surface area (Å²) in [6.07, 6.45) is 3.35. The number of anilines is 1. The molecule has 2 unspecified atom stereocenters. The van der Waals surface area contributed by atoms with Gasteiger partial charge >= 0.3 is 5.97 Å². The van der Waals surface area contributed by atoms with Gasteiger partial charge in [0.05, 0.1) is 11.8 Å². The zero-order valence-electron chi connectivity index (χ0n) is 12.1. The lowest BCUT2D eigenvalue weighted by Crippen LogP contribution is -2.41. The van der Waals surface area contributed by atoms with Crippen LogP contribution in [0.15, 0.2) is 30.3 Å². The summed E-state index contributed by atoms with van der Waals surface area (Å²) in [7, 11) is 0. The lowest BCUT2D eigenvalue weighted by molar-refractivity contribution is -0.151. The number of aliphatic carboxylic acids is 1. The first-order valence-electron chi connectivity index (χ1n) is 7.72. The summed E-state index contributed by atoms with van der Waals surface area (Å²) in [6, 6.07) is 10.2. The Morgan fingerprint density at radius 2 is 1.73 bits per heavy atom. The van der Waals surface area contributed by atoms with Gasteiger partial charge in [-0.2, -0.15) is 0 Å². The smallest absolute Gasteiger partial charge is 0.307 e. The van der Waals surface area contributed by atoms with Crippen LogP contribution in [0, 0.1) is 11.8 Å². The molecular formula is C18H17NO3. The summed E-state index contributed by atoms with van der Waals surface area (Å²) in [6.45, 7) is 0. The van der Waals surface area contributed by atoms with E-state index in [-0.39, 0.29) is 5.91 Å². The lowest BCUT2D eigenvalue weighted by Gasteiger charge is -2.32. The van der Waals surface area contributed by atoms with Crippen LogP contribution in [0.1, 0.15) is 24.0 Å². The number of amides is 1. The van der Waals surface area contributed by atoms with Gasteiger partial charge in [-0.15, -0.1) is 0 Å². The summed E-state index contributed by atoms with van der Waals surface area (Å²) in [4.78, 5) is 23.4. The number of carbonyl (C=O) groups is 2. The highest BCUT2D eigenvalue weighted by molar-refractivity contribution is 6.06. The Balaban J connectivity index is 1.66. The summed E-state index contributed by atoms with van der Waals surface area (Å²) in [5, 5.41) is 14.4. The maximum Gasteiger partial charge on any atom is 0.307 e. The van der Waals surface area contributed by atoms with E-state index in [1.165, 1.54) is 16.5 Å². The first-order chi connectivity index (χ1) is 10.6. The lowest BCUT2D eigenvalue weighted by atomic mass is 9.73. The van der Waals surface area contributed by atoms with Crippen molar-refractivity contribution >= 4 is 28.3 Å². The van der Waals surface area contributed by atoms with Gasteiger partial charge in [0, 0.05) is 11.1 Å². The van der Waals surface area contributed by atoms with Crippen LogP contribution in [0.25, 0.3) is 10.8 Å². The first kappa shape index (κ1) is 13.3. The van der Waals surface area contributed by atoms with Gasteiger partial charge in [0.1, 0.15) is 0 Å². The van der Waals surface area contributed by atoms with Crippen molar-refractivity contribution in [2.45, 2.75) is 25.7 Å². The Kier molecular flexibility index (Phi) is 2.93. The number of aryl methyl sites for hydroxylation is 2. The maximum absolute atomic E-state index is 12.4. The molecule has 2 aliphatic rings. The molecule has 4 rings (SSSR count). The molecule has 1 fully saturated rings. The number of carboxylic acid groups (broad SMARTS) is 1. The van der Waals surface area contributed by atoms with Crippen molar-refractivity contribution in [2.75, 3.05) is 5.32 Å². The number of hydrogen-bond acceptors (Lipinski definition) is 2. The minimum absolute atomic E-state index is 0.169. The van der Waals surface area contributed by atoms with Gasteiger partial charge in [-0.3, -0.25) is 9.59 Å². The van der Waals surface area contributed by atoms with Crippen LogP contribution in [-0.4, -0.2) is 17.0 Å². The molecule has 2 atom stereocenters. The van der Waals surface area contributed by atoms with E-state index in [0.29, 0.717) is 12.8 Å². The highest BCUT2D eigenvalue weighted by atomic mass is 16.4. The first-order valence-corrected chi connectivity index (χ1v) is 7.72. The maximum atomic E-state index is 12.4. The second-order valence-electron chi connectivity index (χ2n) is 6.23. The Morgan fingerprint density at radius 3 is 2.41 bits per heavy atom. The molecule has 1 saturated carbocycles. The molecule has 1 amide bonds. The van der Waals surface area contributed by atoms with Gasteiger partial charge in [0.15, 0.2) is 0 Å². The number of nitrogens with one attached hydrogen (secondary N) is 1. The average molecular weight is 295 g/mol. The third kappa shape index (κ3) is 1.90. The molecule has 4 nitrogen and oxygen atoms in total. The quantitative estimate of drug-likeness (QED) is 0.914. The molecule has 0 radical (unpaired) electrons. The van der Waals surface area contributed by atoms with Crippen molar-refractivity contribution in [1.29, 1.82) is 0 Å². The Morgan fingerprint density at radius 1 is 1.00 bits per heavy atom. The molecule has 0 aromatic heterocycles. The molecule has 2 aliphatic carbocycles. The van der Waals surface area contributed by atoms with Gasteiger partial charge in [-0.1, -0.05) is 24.3 Å². The molecule has 0 spiro atoms. The van der Waals surface area contributed by atoms with Crippen molar-refractivity contribution in [2.24, 2.45) is 11.8 Å². The monoisotopic (exact) mass is 295 g/mol. The molecule has 22 heavy (non-hydrogen) atoms. The molecule has 0 heterocycles. The van der Waals surface area contributed by atoms with Crippen LogP contribution in [-0.2, 0) is 22.4 Å². The summed E-state index contributed by atoms with van der Waals surface area (Å²) in [5.74, 6) is -1.97. The van der Waals surface area contributed by atoms with Crippen LogP contribution in [0.2, 0.25) is 0 Å². The van der Waals surface area contributed by atoms with Gasteiger partial charge in [0.2, 0.25) is 5.91 Å². The van der Waals surface area contributed by atoms with E-state index in [1.54, 1.807) is 0 Å². The van der Waals surface area contributed by atoms with Gasteiger partial charge in [-0.25, -0.2) is 0 Å². The molecule has 0 bridgehead atoms. The average Bonchev–Trinajstić information content (AvgIpc) is 2.85. The minimum atomic E-state index is -0.869. The molecular weight excluding hydrogens is 278 g/mol. The van der Waals surface area contributed by atoms with E-state index in [1.807, 2.05) is 18.2 Å². The highest BCUT2D eigenvalue weighted by Crippen LogP contribution is 2.38. The fraction of sp³-hybridized carbons (Fsp3) is 0.333. The van der Waals surface area contributed by atoms with E-state index in [0.717, 1.165) is 23.9 Å². The third-order valence-electron chi connectivity index (χ3n) is 5.06. The molecule has 0 saturated heterocycles. The van der Waals surface area contributed by atoms with E-state index in [2.05, 4.69) is 17.4 Å². The second-order valence-corrected chi connectivity index (χ2v) is 6.23. The SMILES string of the molecule is O=C(O)C1CCC1C(=O)Nc1ccc2c3c(cccc13)CC2. The van der Waals surface area contributed by atoms with Gasteiger partial charge in [0.25, 0.3) is 0 Å². The van der Waals surface area contributed by atoms with Crippen LogP contribution >= 0.6 is 0 Å². The van der Waals surface area contributed by atoms with E-state index >= 15 is 0 Å². The Labute approximate surface area is 128 Å². The van der Waals surface area contributed by atoms with Crippen molar-refractivity contribution < 1.29 is 14.7 Å². The largest absolute Gasteiger partial charge is 0.481 e. The fourth-order valence-electron chi connectivity index (χ4n) is 3.69. The predicted octanol–water partition coefficient (Wildman–Crippen LogP) is 2.99. The zero-order chi connectivity index (χ0) is 15.3. The number of carbonyl (C=O) groups excluding carboxylic acids is 1. The summed E-state index contributed by atoms with van der Waals surface area (Å²) >= 11 is 0. The van der Waals surface area contributed by atoms with Crippen molar-refractivity contribution in [3.63, 3.8) is 0 Å². The predicted molar refractivity (Wildman–Crippen MR) is 83.8 cm³/mol. The van der Waals surface area contributed by atoms with E-state index in [9.17, 15) is 9.59 Å². The zero-order valence-corrected chi connectivity index (χ0v) is 12.1. The van der Waals surface area contributed by atoms with E-state index in [4.69, 9.17) is 5.11 Å². The van der Waals surface area contributed by atoms with Crippen LogP contribution in [0.4, 0.5) is 5.69 Å². The Hall–Kier alpha value is -2.36. The number of benzene rings is 2.